The number of halogens is 2. The Hall–Kier alpha value is -1.18. The minimum Gasteiger partial charge on any atom is -0.333 e. The summed E-state index contributed by atoms with van der Waals surface area (Å²) in [7, 11) is 0. The van der Waals surface area contributed by atoms with E-state index in [1.165, 1.54) is 0 Å². The first-order valence-electron chi connectivity index (χ1n) is 4.61. The zero-order valence-electron chi connectivity index (χ0n) is 7.75. The summed E-state index contributed by atoms with van der Waals surface area (Å²) in [5.74, 6) is -0.475. The zero-order chi connectivity index (χ0) is 10.6. The molecule has 3 nitrogen and oxygen atoms in total. The number of alkyl halides is 2. The second kappa shape index (κ2) is 4.89. The van der Waals surface area contributed by atoms with Crippen molar-refractivity contribution in [1.82, 2.24) is 4.90 Å². The van der Waals surface area contributed by atoms with E-state index in [2.05, 4.69) is 0 Å². The molecule has 1 rings (SSSR count). The molecule has 1 aliphatic rings. The van der Waals surface area contributed by atoms with Crippen LogP contribution < -0.4 is 0 Å². The summed E-state index contributed by atoms with van der Waals surface area (Å²) in [6.45, 7) is 0.357. The molecule has 0 spiro atoms. The van der Waals surface area contributed by atoms with Crippen LogP contribution in [0.3, 0.4) is 0 Å². The Morgan fingerprint density at radius 3 is 2.86 bits per heavy atom. The standard InChI is InChI=1S/C9H12F2N2O/c10-9(11)7-3-1-2-6-13(7)8(14)4-5-12/h7,9H,1-4,6H2/t7-/m0/s1. The van der Waals surface area contributed by atoms with Gasteiger partial charge in [0.15, 0.2) is 0 Å². The van der Waals surface area contributed by atoms with Crippen molar-refractivity contribution in [2.24, 2.45) is 0 Å². The van der Waals surface area contributed by atoms with Crippen molar-refractivity contribution in [3.05, 3.63) is 0 Å². The molecule has 1 aliphatic heterocycles. The van der Waals surface area contributed by atoms with Crippen molar-refractivity contribution < 1.29 is 13.6 Å². The van der Waals surface area contributed by atoms with E-state index in [0.29, 0.717) is 13.0 Å². The van der Waals surface area contributed by atoms with Crippen molar-refractivity contribution in [2.45, 2.75) is 38.2 Å². The van der Waals surface area contributed by atoms with E-state index in [1.807, 2.05) is 0 Å². The van der Waals surface area contributed by atoms with E-state index < -0.39 is 18.4 Å². The molecule has 1 atom stereocenters. The number of nitrogens with zero attached hydrogens (tertiary/aromatic N) is 2. The highest BCUT2D eigenvalue weighted by atomic mass is 19.3. The van der Waals surface area contributed by atoms with Crippen molar-refractivity contribution in [3.8, 4) is 6.07 Å². The van der Waals surface area contributed by atoms with Crippen molar-refractivity contribution >= 4 is 5.91 Å². The molecule has 0 N–H and O–H groups in total. The maximum absolute atomic E-state index is 12.5. The van der Waals surface area contributed by atoms with Gasteiger partial charge in [0.25, 0.3) is 6.43 Å². The normalized spacial score (nSPS) is 22.1. The molecule has 0 aromatic rings. The summed E-state index contributed by atoms with van der Waals surface area (Å²) in [6, 6.07) is 0.706. The van der Waals surface area contributed by atoms with Gasteiger partial charge >= 0.3 is 0 Å². The summed E-state index contributed by atoms with van der Waals surface area (Å²) < 4.78 is 25.0. The van der Waals surface area contributed by atoms with Gasteiger partial charge in [-0.2, -0.15) is 5.26 Å². The fraction of sp³-hybridized carbons (Fsp3) is 0.778. The summed E-state index contributed by atoms with van der Waals surface area (Å²) in [6.07, 6.45) is -0.984. The number of likely N-dealkylation sites (tertiary alicyclic amines) is 1. The first-order chi connectivity index (χ1) is 6.66. The minimum absolute atomic E-state index is 0.302. The van der Waals surface area contributed by atoms with Crippen molar-refractivity contribution in [3.63, 3.8) is 0 Å². The van der Waals surface area contributed by atoms with Gasteiger partial charge in [0.2, 0.25) is 5.91 Å². The average molecular weight is 202 g/mol. The Morgan fingerprint density at radius 2 is 2.29 bits per heavy atom. The Labute approximate surface area is 81.3 Å². The number of carbonyl (C=O) groups is 1. The molecule has 0 unspecified atom stereocenters. The number of rotatable bonds is 2. The van der Waals surface area contributed by atoms with Crippen LogP contribution in [0.2, 0.25) is 0 Å². The first kappa shape index (κ1) is 10.9. The lowest BCUT2D eigenvalue weighted by Gasteiger charge is -2.34. The van der Waals surface area contributed by atoms with Gasteiger partial charge in [-0.25, -0.2) is 8.78 Å². The van der Waals surface area contributed by atoms with Gasteiger partial charge in [0, 0.05) is 6.54 Å². The molecule has 0 radical (unpaired) electrons. The number of hydrogen-bond acceptors (Lipinski definition) is 2. The highest BCUT2D eigenvalue weighted by molar-refractivity contribution is 5.78. The summed E-state index contributed by atoms with van der Waals surface area (Å²) in [5.41, 5.74) is 0. The summed E-state index contributed by atoms with van der Waals surface area (Å²) >= 11 is 0. The molecule has 0 aliphatic carbocycles. The largest absolute Gasteiger partial charge is 0.333 e. The van der Waals surface area contributed by atoms with Crippen LogP contribution in [0.25, 0.3) is 0 Å². The maximum Gasteiger partial charge on any atom is 0.258 e. The molecule has 0 bridgehead atoms. The Balaban J connectivity index is 2.63. The predicted octanol–water partition coefficient (Wildman–Crippen LogP) is 1.55. The van der Waals surface area contributed by atoms with E-state index in [9.17, 15) is 13.6 Å². The average Bonchev–Trinajstić information content (AvgIpc) is 2.18. The van der Waals surface area contributed by atoms with Crippen LogP contribution in [0, 0.1) is 11.3 Å². The summed E-state index contributed by atoms with van der Waals surface area (Å²) in [4.78, 5) is 12.4. The minimum atomic E-state index is -2.50. The van der Waals surface area contributed by atoms with Gasteiger partial charge in [0.05, 0.1) is 12.1 Å². The molecule has 0 aromatic carbocycles. The molecular formula is C9H12F2N2O. The van der Waals surface area contributed by atoms with Crippen LogP contribution in [0.15, 0.2) is 0 Å². The molecule has 1 amide bonds. The van der Waals surface area contributed by atoms with Gasteiger partial charge < -0.3 is 4.90 Å². The quantitative estimate of drug-likeness (QED) is 0.681. The number of piperidine rings is 1. The van der Waals surface area contributed by atoms with Crippen molar-refractivity contribution in [2.75, 3.05) is 6.54 Å². The predicted molar refractivity (Wildman–Crippen MR) is 45.6 cm³/mol. The van der Waals surface area contributed by atoms with Crippen LogP contribution in [-0.4, -0.2) is 29.8 Å². The Bertz CT molecular complexity index is 250. The number of amides is 1. The maximum atomic E-state index is 12.5. The van der Waals surface area contributed by atoms with Crippen LogP contribution in [-0.2, 0) is 4.79 Å². The topological polar surface area (TPSA) is 44.1 Å². The van der Waals surface area contributed by atoms with Gasteiger partial charge in [-0.1, -0.05) is 0 Å². The fourth-order valence-corrected chi connectivity index (χ4v) is 1.70. The van der Waals surface area contributed by atoms with Gasteiger partial charge in [-0.15, -0.1) is 0 Å². The lowest BCUT2D eigenvalue weighted by molar-refractivity contribution is -0.138. The van der Waals surface area contributed by atoms with Crippen LogP contribution in [0.5, 0.6) is 0 Å². The molecule has 1 heterocycles. The number of nitriles is 1. The second-order valence-electron chi connectivity index (χ2n) is 3.32. The number of hydrogen-bond donors (Lipinski definition) is 0. The lowest BCUT2D eigenvalue weighted by Crippen LogP contribution is -2.47. The fourth-order valence-electron chi connectivity index (χ4n) is 1.70. The second-order valence-corrected chi connectivity index (χ2v) is 3.32. The summed E-state index contributed by atoms with van der Waals surface area (Å²) in [5, 5.41) is 8.31. The van der Waals surface area contributed by atoms with E-state index in [1.54, 1.807) is 6.07 Å². The van der Waals surface area contributed by atoms with Crippen LogP contribution in [0.1, 0.15) is 25.7 Å². The molecule has 1 saturated heterocycles. The lowest BCUT2D eigenvalue weighted by atomic mass is 10.0. The van der Waals surface area contributed by atoms with Gasteiger partial charge in [-0.05, 0) is 19.3 Å². The number of carbonyl (C=O) groups excluding carboxylic acids is 1. The third-order valence-corrected chi connectivity index (χ3v) is 2.39. The first-order valence-corrected chi connectivity index (χ1v) is 4.61. The zero-order valence-corrected chi connectivity index (χ0v) is 7.75. The molecule has 78 valence electrons. The van der Waals surface area contributed by atoms with E-state index in [0.717, 1.165) is 17.7 Å². The molecule has 1 fully saturated rings. The van der Waals surface area contributed by atoms with Gasteiger partial charge in [0.1, 0.15) is 6.42 Å². The van der Waals surface area contributed by atoms with Gasteiger partial charge in [-0.3, -0.25) is 4.79 Å². The van der Waals surface area contributed by atoms with Crippen molar-refractivity contribution in [1.29, 1.82) is 5.26 Å². The molecule has 0 aromatic heterocycles. The van der Waals surface area contributed by atoms with E-state index in [4.69, 9.17) is 5.26 Å². The van der Waals surface area contributed by atoms with E-state index in [-0.39, 0.29) is 6.42 Å². The third-order valence-electron chi connectivity index (χ3n) is 2.39. The molecule has 14 heavy (non-hydrogen) atoms. The Kier molecular flexibility index (Phi) is 3.81. The highest BCUT2D eigenvalue weighted by Crippen LogP contribution is 2.22. The smallest absolute Gasteiger partial charge is 0.258 e. The highest BCUT2D eigenvalue weighted by Gasteiger charge is 2.32. The van der Waals surface area contributed by atoms with Crippen LogP contribution in [0.4, 0.5) is 8.78 Å². The Morgan fingerprint density at radius 1 is 1.57 bits per heavy atom. The molecule has 5 heteroatoms. The molecular weight excluding hydrogens is 190 g/mol. The monoisotopic (exact) mass is 202 g/mol. The molecule has 0 saturated carbocycles. The van der Waals surface area contributed by atoms with E-state index >= 15 is 0 Å². The SMILES string of the molecule is N#CCC(=O)N1CCCC[C@H]1C(F)F. The third kappa shape index (κ3) is 2.41. The van der Waals surface area contributed by atoms with Crippen LogP contribution >= 0.6 is 0 Å².